The molecule has 0 N–H and O–H groups in total. The molecule has 9 heteroatoms. The van der Waals surface area contributed by atoms with Crippen LogP contribution in [0.4, 0.5) is 0 Å². The smallest absolute Gasteiger partial charge is 0.314 e. The second-order valence-corrected chi connectivity index (χ2v) is 7.34. The quantitative estimate of drug-likeness (QED) is 0.526. The number of fused-ring (bicyclic) bond motifs is 2. The highest BCUT2D eigenvalue weighted by Gasteiger charge is 2.48. The standard InChI is InChI=1S/C22H18O9/c1-11(23)31-21(13-3-5-16-18(7-13)30-10-28-16)19-14(8-26-22(19)25)20(24)12-2-4-15-17(6-12)29-9-27-15/h2-7,14,19,21H,8-10H2,1H3/t14-,19-,21+/m0/s1. The maximum Gasteiger partial charge on any atom is 0.314 e. The van der Waals surface area contributed by atoms with Crippen LogP contribution in [0, 0.1) is 11.8 Å². The van der Waals surface area contributed by atoms with Crippen LogP contribution in [0.5, 0.6) is 23.0 Å². The molecule has 0 aliphatic carbocycles. The van der Waals surface area contributed by atoms with E-state index < -0.39 is 29.9 Å². The minimum absolute atomic E-state index is 0.0771. The van der Waals surface area contributed by atoms with E-state index in [9.17, 15) is 14.4 Å². The van der Waals surface area contributed by atoms with Crippen LogP contribution in [0.1, 0.15) is 28.9 Å². The molecule has 3 heterocycles. The Morgan fingerprint density at radius 2 is 1.55 bits per heavy atom. The van der Waals surface area contributed by atoms with E-state index >= 15 is 0 Å². The minimum Gasteiger partial charge on any atom is -0.465 e. The van der Waals surface area contributed by atoms with Gasteiger partial charge < -0.3 is 28.4 Å². The highest BCUT2D eigenvalue weighted by Crippen LogP contribution is 2.42. The van der Waals surface area contributed by atoms with Crippen LogP contribution in [0.3, 0.4) is 0 Å². The van der Waals surface area contributed by atoms with E-state index in [0.717, 1.165) is 0 Å². The lowest BCUT2D eigenvalue weighted by Gasteiger charge is -2.25. The van der Waals surface area contributed by atoms with Crippen LogP contribution < -0.4 is 18.9 Å². The number of rotatable bonds is 5. The molecular weight excluding hydrogens is 408 g/mol. The first-order chi connectivity index (χ1) is 15.0. The normalized spacial score (nSPS) is 21.5. The first-order valence-corrected chi connectivity index (χ1v) is 9.68. The van der Waals surface area contributed by atoms with Gasteiger partial charge in [0.2, 0.25) is 13.6 Å². The van der Waals surface area contributed by atoms with Crippen molar-refractivity contribution in [3.63, 3.8) is 0 Å². The third-order valence-electron chi connectivity index (χ3n) is 5.45. The van der Waals surface area contributed by atoms with Gasteiger partial charge in [0.15, 0.2) is 28.8 Å². The predicted molar refractivity (Wildman–Crippen MR) is 102 cm³/mol. The lowest BCUT2D eigenvalue weighted by molar-refractivity contribution is -0.155. The highest BCUT2D eigenvalue weighted by atomic mass is 16.7. The molecule has 5 rings (SSSR count). The van der Waals surface area contributed by atoms with Crippen molar-refractivity contribution in [1.29, 1.82) is 0 Å². The Balaban J connectivity index is 1.49. The zero-order valence-electron chi connectivity index (χ0n) is 16.5. The molecule has 0 spiro atoms. The summed E-state index contributed by atoms with van der Waals surface area (Å²) < 4.78 is 32.1. The average Bonchev–Trinajstić information content (AvgIpc) is 3.49. The summed E-state index contributed by atoms with van der Waals surface area (Å²) in [6.07, 6.45) is -1.02. The van der Waals surface area contributed by atoms with Crippen molar-refractivity contribution in [1.82, 2.24) is 0 Å². The number of carbonyl (C=O) groups is 3. The second-order valence-electron chi connectivity index (χ2n) is 7.34. The SMILES string of the molecule is CC(=O)O[C@H](c1ccc2c(c1)OCO2)[C@H]1C(=O)OC[C@@H]1C(=O)c1ccc2c(c1)OCO2. The molecule has 0 radical (unpaired) electrons. The maximum atomic E-state index is 13.3. The van der Waals surface area contributed by atoms with E-state index in [1.807, 2.05) is 0 Å². The largest absolute Gasteiger partial charge is 0.465 e. The summed E-state index contributed by atoms with van der Waals surface area (Å²) in [5.74, 6) is -1.34. The third kappa shape index (κ3) is 3.41. The van der Waals surface area contributed by atoms with Crippen molar-refractivity contribution >= 4 is 17.7 Å². The third-order valence-corrected chi connectivity index (χ3v) is 5.45. The van der Waals surface area contributed by atoms with Gasteiger partial charge >= 0.3 is 11.9 Å². The van der Waals surface area contributed by atoms with E-state index in [-0.39, 0.29) is 26.0 Å². The molecule has 0 aromatic heterocycles. The van der Waals surface area contributed by atoms with Crippen LogP contribution >= 0.6 is 0 Å². The first kappa shape index (κ1) is 19.2. The molecule has 2 aromatic carbocycles. The average molecular weight is 426 g/mol. The molecule has 0 bridgehead atoms. The van der Waals surface area contributed by atoms with Gasteiger partial charge in [0.25, 0.3) is 0 Å². The summed E-state index contributed by atoms with van der Waals surface area (Å²) >= 11 is 0. The van der Waals surface area contributed by atoms with Crippen molar-refractivity contribution in [2.24, 2.45) is 11.8 Å². The number of ketones is 1. The molecule has 2 aromatic rings. The van der Waals surface area contributed by atoms with Gasteiger partial charge in [-0.15, -0.1) is 0 Å². The maximum absolute atomic E-state index is 13.3. The molecule has 3 aliphatic rings. The Morgan fingerprint density at radius 1 is 0.903 bits per heavy atom. The summed E-state index contributed by atoms with van der Waals surface area (Å²) in [4.78, 5) is 37.8. The van der Waals surface area contributed by atoms with Gasteiger partial charge in [-0.3, -0.25) is 14.4 Å². The predicted octanol–water partition coefficient (Wildman–Crippen LogP) is 2.42. The summed E-state index contributed by atoms with van der Waals surface area (Å²) in [5, 5.41) is 0. The highest BCUT2D eigenvalue weighted by molar-refractivity contribution is 6.02. The Hall–Kier alpha value is -3.75. The van der Waals surface area contributed by atoms with Crippen LogP contribution in [0.2, 0.25) is 0 Å². The Bertz CT molecular complexity index is 1080. The number of esters is 2. The number of hydrogen-bond donors (Lipinski definition) is 0. The lowest BCUT2D eigenvalue weighted by atomic mass is 9.82. The Morgan fingerprint density at radius 3 is 2.26 bits per heavy atom. The van der Waals surface area contributed by atoms with Crippen molar-refractivity contribution in [2.75, 3.05) is 20.2 Å². The lowest BCUT2D eigenvalue weighted by Crippen LogP contribution is -2.31. The number of Topliss-reactive ketones (excluding diaryl/α,β-unsaturated/α-hetero) is 1. The fourth-order valence-corrected chi connectivity index (χ4v) is 3.99. The molecule has 9 nitrogen and oxygen atoms in total. The Kier molecular flexibility index (Phi) is 4.65. The molecule has 1 saturated heterocycles. The summed E-state index contributed by atoms with van der Waals surface area (Å²) in [5.41, 5.74) is 0.858. The van der Waals surface area contributed by atoms with Crippen molar-refractivity contribution in [2.45, 2.75) is 13.0 Å². The summed E-state index contributed by atoms with van der Waals surface area (Å²) in [6.45, 7) is 1.29. The van der Waals surface area contributed by atoms with Gasteiger partial charge in [-0.1, -0.05) is 6.07 Å². The second kappa shape index (κ2) is 7.50. The van der Waals surface area contributed by atoms with Gasteiger partial charge in [-0.2, -0.15) is 0 Å². The molecular formula is C22H18O9. The molecule has 160 valence electrons. The van der Waals surface area contributed by atoms with Crippen LogP contribution in [-0.2, 0) is 19.1 Å². The monoisotopic (exact) mass is 426 g/mol. The van der Waals surface area contributed by atoms with E-state index in [1.165, 1.54) is 6.92 Å². The van der Waals surface area contributed by atoms with Crippen molar-refractivity contribution in [3.8, 4) is 23.0 Å². The zero-order valence-corrected chi connectivity index (χ0v) is 16.5. The fraction of sp³-hybridized carbons (Fsp3) is 0.318. The minimum atomic E-state index is -1.02. The first-order valence-electron chi connectivity index (χ1n) is 9.68. The number of carbonyl (C=O) groups excluding carboxylic acids is 3. The molecule has 0 unspecified atom stereocenters. The molecule has 31 heavy (non-hydrogen) atoms. The van der Waals surface area contributed by atoms with Crippen LogP contribution in [0.15, 0.2) is 36.4 Å². The zero-order chi connectivity index (χ0) is 21.5. The van der Waals surface area contributed by atoms with E-state index in [1.54, 1.807) is 36.4 Å². The van der Waals surface area contributed by atoms with Crippen LogP contribution in [-0.4, -0.2) is 37.9 Å². The molecule has 0 amide bonds. The summed E-state index contributed by atoms with van der Waals surface area (Å²) in [6, 6.07) is 9.81. The summed E-state index contributed by atoms with van der Waals surface area (Å²) in [7, 11) is 0. The number of ether oxygens (including phenoxy) is 6. The van der Waals surface area contributed by atoms with E-state index in [4.69, 9.17) is 28.4 Å². The van der Waals surface area contributed by atoms with Crippen LogP contribution in [0.25, 0.3) is 0 Å². The molecule has 3 atom stereocenters. The van der Waals surface area contributed by atoms with Crippen molar-refractivity contribution in [3.05, 3.63) is 47.5 Å². The number of hydrogen-bond acceptors (Lipinski definition) is 9. The van der Waals surface area contributed by atoms with Gasteiger partial charge in [-0.05, 0) is 35.9 Å². The molecule has 0 saturated carbocycles. The van der Waals surface area contributed by atoms with Gasteiger partial charge in [0, 0.05) is 12.5 Å². The van der Waals surface area contributed by atoms with Gasteiger partial charge in [0.1, 0.15) is 18.6 Å². The van der Waals surface area contributed by atoms with Crippen molar-refractivity contribution < 1.29 is 42.8 Å². The molecule has 1 fully saturated rings. The number of cyclic esters (lactones) is 1. The Labute approximate surface area is 176 Å². The van der Waals surface area contributed by atoms with Gasteiger partial charge in [0.05, 0.1) is 5.92 Å². The number of benzene rings is 2. The topological polar surface area (TPSA) is 107 Å². The van der Waals surface area contributed by atoms with E-state index in [0.29, 0.717) is 34.1 Å². The van der Waals surface area contributed by atoms with Gasteiger partial charge in [-0.25, -0.2) is 0 Å². The van der Waals surface area contributed by atoms with E-state index in [2.05, 4.69) is 0 Å². The molecule has 3 aliphatic heterocycles. The fourth-order valence-electron chi connectivity index (χ4n) is 3.99.